The first-order valence-electron chi connectivity index (χ1n) is 8.59. The number of aryl methyl sites for hydroxylation is 1. The van der Waals surface area contributed by atoms with Crippen molar-refractivity contribution in [1.82, 2.24) is 15.1 Å². The van der Waals surface area contributed by atoms with Gasteiger partial charge in [-0.1, -0.05) is 24.7 Å². The summed E-state index contributed by atoms with van der Waals surface area (Å²) in [6.45, 7) is 3.54. The Kier molecular flexibility index (Phi) is 5.25. The summed E-state index contributed by atoms with van der Waals surface area (Å²) >= 11 is 1.46. The van der Waals surface area contributed by atoms with Crippen molar-refractivity contribution in [3.8, 4) is 0 Å². The highest BCUT2D eigenvalue weighted by molar-refractivity contribution is 7.15. The van der Waals surface area contributed by atoms with Crippen LogP contribution in [-0.2, 0) is 16.0 Å². The number of aromatic nitrogens is 2. The predicted molar refractivity (Wildman–Crippen MR) is 89.2 cm³/mol. The molecule has 0 unspecified atom stereocenters. The molecule has 2 aliphatic rings. The van der Waals surface area contributed by atoms with E-state index in [0.29, 0.717) is 18.2 Å². The molecule has 2 amide bonds. The van der Waals surface area contributed by atoms with E-state index in [1.54, 1.807) is 0 Å². The number of likely N-dealkylation sites (tertiary alicyclic amines) is 1. The van der Waals surface area contributed by atoms with Crippen LogP contribution in [0.5, 0.6) is 0 Å². The van der Waals surface area contributed by atoms with Crippen molar-refractivity contribution in [1.29, 1.82) is 0 Å². The number of unbranched alkanes of at least 4 members (excludes halogenated alkanes) is 1. The maximum absolute atomic E-state index is 12.3. The number of hydrogen-bond acceptors (Lipinski definition) is 5. The molecule has 2 heterocycles. The molecule has 0 bridgehead atoms. The van der Waals surface area contributed by atoms with Gasteiger partial charge >= 0.3 is 0 Å². The molecule has 126 valence electrons. The molecule has 0 aromatic carbocycles. The highest BCUT2D eigenvalue weighted by atomic mass is 32.1. The molecule has 1 saturated heterocycles. The smallest absolute Gasteiger partial charge is 0.229 e. The summed E-state index contributed by atoms with van der Waals surface area (Å²) in [6.07, 6.45) is 6.70. The molecule has 1 saturated carbocycles. The summed E-state index contributed by atoms with van der Waals surface area (Å²) < 4.78 is 0. The van der Waals surface area contributed by atoms with Crippen molar-refractivity contribution >= 4 is 28.3 Å². The molecular weight excluding hydrogens is 312 g/mol. The Balaban J connectivity index is 1.45. The zero-order valence-electron chi connectivity index (χ0n) is 13.6. The van der Waals surface area contributed by atoms with Gasteiger partial charge in [-0.05, 0) is 32.1 Å². The largest absolute Gasteiger partial charge is 0.342 e. The molecule has 1 aliphatic heterocycles. The molecule has 6 nitrogen and oxygen atoms in total. The van der Waals surface area contributed by atoms with Crippen molar-refractivity contribution in [2.45, 2.75) is 51.9 Å². The van der Waals surface area contributed by atoms with E-state index in [2.05, 4.69) is 22.4 Å². The third-order valence-corrected chi connectivity index (χ3v) is 5.44. The second-order valence-electron chi connectivity index (χ2n) is 6.47. The minimum Gasteiger partial charge on any atom is -0.342 e. The second-order valence-corrected chi connectivity index (χ2v) is 7.53. The number of rotatable bonds is 6. The zero-order valence-corrected chi connectivity index (χ0v) is 14.4. The Hall–Kier alpha value is -1.50. The Morgan fingerprint density at radius 3 is 2.57 bits per heavy atom. The third kappa shape index (κ3) is 4.28. The van der Waals surface area contributed by atoms with Gasteiger partial charge in [0.15, 0.2) is 0 Å². The van der Waals surface area contributed by atoms with Crippen LogP contribution in [0.3, 0.4) is 0 Å². The van der Waals surface area contributed by atoms with Crippen LogP contribution in [0.2, 0.25) is 0 Å². The van der Waals surface area contributed by atoms with Gasteiger partial charge in [0.1, 0.15) is 5.01 Å². The number of carbonyl (C=O) groups is 2. The highest BCUT2D eigenvalue weighted by Gasteiger charge is 2.36. The van der Waals surface area contributed by atoms with Crippen molar-refractivity contribution in [3.63, 3.8) is 0 Å². The van der Waals surface area contributed by atoms with Gasteiger partial charge in [0.25, 0.3) is 0 Å². The predicted octanol–water partition coefficient (Wildman–Crippen LogP) is 2.47. The van der Waals surface area contributed by atoms with E-state index < -0.39 is 0 Å². The fourth-order valence-electron chi connectivity index (χ4n) is 2.89. The van der Waals surface area contributed by atoms with Crippen LogP contribution in [0.25, 0.3) is 0 Å². The molecule has 1 N–H and O–H groups in total. The molecule has 23 heavy (non-hydrogen) atoms. The molecule has 0 spiro atoms. The fourth-order valence-corrected chi connectivity index (χ4v) is 3.68. The SMILES string of the molecule is CCCCc1nnc(NC(=O)C2CCN(C(=O)C3CC3)CC2)s1. The number of hydrogen-bond donors (Lipinski definition) is 1. The molecule has 0 radical (unpaired) electrons. The molecule has 1 aromatic heterocycles. The molecule has 2 fully saturated rings. The van der Waals surface area contributed by atoms with Crippen LogP contribution < -0.4 is 5.32 Å². The summed E-state index contributed by atoms with van der Waals surface area (Å²) in [4.78, 5) is 26.3. The lowest BCUT2D eigenvalue weighted by Gasteiger charge is -2.31. The van der Waals surface area contributed by atoms with Crippen molar-refractivity contribution in [2.75, 3.05) is 18.4 Å². The van der Waals surface area contributed by atoms with Crippen molar-refractivity contribution in [2.24, 2.45) is 11.8 Å². The first kappa shape index (κ1) is 16.4. The number of amides is 2. The number of nitrogens with zero attached hydrogens (tertiary/aromatic N) is 3. The number of anilines is 1. The molecule has 0 atom stereocenters. The van der Waals surface area contributed by atoms with Gasteiger partial charge in [-0.3, -0.25) is 9.59 Å². The molecule has 3 rings (SSSR count). The molecule has 7 heteroatoms. The van der Waals surface area contributed by atoms with Crippen LogP contribution in [0, 0.1) is 11.8 Å². The number of carbonyl (C=O) groups excluding carboxylic acids is 2. The highest BCUT2D eigenvalue weighted by Crippen LogP contribution is 2.32. The third-order valence-electron chi connectivity index (χ3n) is 4.55. The Morgan fingerprint density at radius 2 is 1.91 bits per heavy atom. The normalized spacial score (nSPS) is 18.9. The van der Waals surface area contributed by atoms with Gasteiger partial charge in [0.05, 0.1) is 0 Å². The lowest BCUT2D eigenvalue weighted by Crippen LogP contribution is -2.42. The molecule has 1 aliphatic carbocycles. The van der Waals surface area contributed by atoms with Gasteiger partial charge < -0.3 is 10.2 Å². The minimum absolute atomic E-state index is 0.0155. The molecular formula is C16H24N4O2S. The van der Waals surface area contributed by atoms with Crippen molar-refractivity contribution in [3.05, 3.63) is 5.01 Å². The van der Waals surface area contributed by atoms with E-state index in [1.807, 2.05) is 4.90 Å². The van der Waals surface area contributed by atoms with Gasteiger partial charge in [0, 0.05) is 31.3 Å². The lowest BCUT2D eigenvalue weighted by atomic mass is 9.95. The monoisotopic (exact) mass is 336 g/mol. The maximum Gasteiger partial charge on any atom is 0.229 e. The van der Waals surface area contributed by atoms with Gasteiger partial charge in [0.2, 0.25) is 16.9 Å². The minimum atomic E-state index is -0.0266. The fraction of sp³-hybridized carbons (Fsp3) is 0.750. The Bertz CT molecular complexity index is 562. The van der Waals surface area contributed by atoms with Gasteiger partial charge in [-0.25, -0.2) is 0 Å². The Labute approximate surface area is 140 Å². The van der Waals surface area contributed by atoms with Crippen LogP contribution >= 0.6 is 11.3 Å². The lowest BCUT2D eigenvalue weighted by molar-refractivity contribution is -0.135. The standard InChI is InChI=1S/C16H24N4O2S/c1-2-3-4-13-18-19-16(23-13)17-14(21)11-7-9-20(10-8-11)15(22)12-5-6-12/h11-12H,2-10H2,1H3,(H,17,19,21). The van der Waals surface area contributed by atoms with E-state index >= 15 is 0 Å². The summed E-state index contributed by atoms with van der Waals surface area (Å²) in [5, 5.41) is 12.6. The van der Waals surface area contributed by atoms with Crippen LogP contribution in [0.1, 0.15) is 50.5 Å². The van der Waals surface area contributed by atoms with E-state index in [4.69, 9.17) is 0 Å². The quantitative estimate of drug-likeness (QED) is 0.866. The zero-order chi connectivity index (χ0) is 16.2. The summed E-state index contributed by atoms with van der Waals surface area (Å²) in [5.74, 6) is 0.541. The summed E-state index contributed by atoms with van der Waals surface area (Å²) in [6, 6.07) is 0. The van der Waals surface area contributed by atoms with Crippen LogP contribution in [-0.4, -0.2) is 40.0 Å². The Morgan fingerprint density at radius 1 is 1.17 bits per heavy atom. The maximum atomic E-state index is 12.3. The van der Waals surface area contributed by atoms with E-state index in [9.17, 15) is 9.59 Å². The first-order chi connectivity index (χ1) is 11.2. The first-order valence-corrected chi connectivity index (χ1v) is 9.41. The number of piperidine rings is 1. The van der Waals surface area contributed by atoms with E-state index in [1.165, 1.54) is 11.3 Å². The van der Waals surface area contributed by atoms with Gasteiger partial charge in [-0.15, -0.1) is 10.2 Å². The topological polar surface area (TPSA) is 75.2 Å². The molecule has 1 aromatic rings. The van der Waals surface area contributed by atoms with Crippen LogP contribution in [0.4, 0.5) is 5.13 Å². The second kappa shape index (κ2) is 7.38. The average molecular weight is 336 g/mol. The van der Waals surface area contributed by atoms with E-state index in [0.717, 1.165) is 50.0 Å². The van der Waals surface area contributed by atoms with Crippen LogP contribution in [0.15, 0.2) is 0 Å². The van der Waals surface area contributed by atoms with E-state index in [-0.39, 0.29) is 23.7 Å². The van der Waals surface area contributed by atoms with Crippen molar-refractivity contribution < 1.29 is 9.59 Å². The average Bonchev–Trinajstić information content (AvgIpc) is 3.33. The summed E-state index contributed by atoms with van der Waals surface area (Å²) in [7, 11) is 0. The number of nitrogens with one attached hydrogen (secondary N) is 1. The summed E-state index contributed by atoms with van der Waals surface area (Å²) in [5.41, 5.74) is 0. The van der Waals surface area contributed by atoms with Gasteiger partial charge in [-0.2, -0.15) is 0 Å².